The highest BCUT2D eigenvalue weighted by atomic mass is 16.5. The molecule has 1 unspecified atom stereocenters. The predicted octanol–water partition coefficient (Wildman–Crippen LogP) is 2.83. The third kappa shape index (κ3) is 2.87. The number of hydrogen-bond acceptors (Lipinski definition) is 5. The number of amides is 1. The minimum absolute atomic E-state index is 0.119. The number of ether oxygens (including phenoxy) is 3. The molecule has 1 aliphatic heterocycles. The van der Waals surface area contributed by atoms with Crippen LogP contribution in [0, 0.1) is 6.92 Å². The summed E-state index contributed by atoms with van der Waals surface area (Å²) in [6.07, 6.45) is 1.54. The number of carbonyl (C=O) groups is 1. The Bertz CT molecular complexity index is 776. The Balaban J connectivity index is 2.05. The molecule has 6 nitrogen and oxygen atoms in total. The first-order valence-corrected chi connectivity index (χ1v) is 7.70. The second-order valence-electron chi connectivity index (χ2n) is 5.74. The van der Waals surface area contributed by atoms with Crippen molar-refractivity contribution >= 4 is 11.6 Å². The van der Waals surface area contributed by atoms with Crippen LogP contribution < -0.4 is 19.1 Å². The second-order valence-corrected chi connectivity index (χ2v) is 5.74. The highest BCUT2D eigenvalue weighted by Gasteiger charge is 2.31. The summed E-state index contributed by atoms with van der Waals surface area (Å²) in [6, 6.07) is 7.21. The number of rotatable bonds is 3. The number of carbonyl (C=O) groups excluding carboxylic acids is 1. The van der Waals surface area contributed by atoms with Crippen molar-refractivity contribution < 1.29 is 19.0 Å². The van der Waals surface area contributed by atoms with Gasteiger partial charge in [0.25, 0.3) is 5.91 Å². The smallest absolute Gasteiger partial charge is 0.280 e. The summed E-state index contributed by atoms with van der Waals surface area (Å²) in [6.45, 7) is 4.26. The maximum Gasteiger partial charge on any atom is 0.280 e. The van der Waals surface area contributed by atoms with Gasteiger partial charge in [0, 0.05) is 12.3 Å². The van der Waals surface area contributed by atoms with E-state index in [-0.39, 0.29) is 17.7 Å². The fourth-order valence-electron chi connectivity index (χ4n) is 2.72. The van der Waals surface area contributed by atoms with Crippen molar-refractivity contribution in [3.05, 3.63) is 41.7 Å². The number of fused-ring (bicyclic) bond motifs is 1. The third-order valence-corrected chi connectivity index (χ3v) is 3.88. The van der Waals surface area contributed by atoms with E-state index in [1.807, 2.05) is 26.0 Å². The molecule has 0 saturated heterocycles. The fraction of sp³-hybridized carbons (Fsp3) is 0.333. The van der Waals surface area contributed by atoms with Gasteiger partial charge in [-0.05, 0) is 37.6 Å². The quantitative estimate of drug-likeness (QED) is 0.867. The van der Waals surface area contributed by atoms with Gasteiger partial charge < -0.3 is 14.2 Å². The minimum atomic E-state index is -0.225. The van der Waals surface area contributed by atoms with Crippen LogP contribution in [-0.4, -0.2) is 37.8 Å². The van der Waals surface area contributed by atoms with E-state index < -0.39 is 0 Å². The number of aryl methyl sites for hydroxylation is 1. The normalized spacial score (nSPS) is 16.2. The summed E-state index contributed by atoms with van der Waals surface area (Å²) in [7, 11) is 3.12. The zero-order valence-corrected chi connectivity index (χ0v) is 14.2. The van der Waals surface area contributed by atoms with Crippen LogP contribution in [0.1, 0.15) is 23.0 Å². The van der Waals surface area contributed by atoms with Crippen molar-refractivity contribution in [2.75, 3.05) is 25.7 Å². The highest BCUT2D eigenvalue weighted by Crippen LogP contribution is 2.37. The molecule has 24 heavy (non-hydrogen) atoms. The standard InChI is InChI=1S/C18H20N2O4/c1-11-7-16(23-4)17(19-9-11)18(21)20-10-12(2)24-15-6-5-13(22-3)8-14(15)20/h5-9,12H,10H2,1-4H3. The van der Waals surface area contributed by atoms with Crippen LogP contribution in [0.15, 0.2) is 30.5 Å². The van der Waals surface area contributed by atoms with Crippen LogP contribution in [0.2, 0.25) is 0 Å². The van der Waals surface area contributed by atoms with Crippen molar-refractivity contribution in [2.24, 2.45) is 0 Å². The third-order valence-electron chi connectivity index (χ3n) is 3.88. The first kappa shape index (κ1) is 16.1. The van der Waals surface area contributed by atoms with Gasteiger partial charge in [-0.1, -0.05) is 0 Å². The van der Waals surface area contributed by atoms with Crippen LogP contribution >= 0.6 is 0 Å². The van der Waals surface area contributed by atoms with Crippen LogP contribution in [0.3, 0.4) is 0 Å². The summed E-state index contributed by atoms with van der Waals surface area (Å²) in [4.78, 5) is 19.0. The molecule has 6 heteroatoms. The molecule has 0 aliphatic carbocycles. The molecular weight excluding hydrogens is 308 g/mol. The Morgan fingerprint density at radius 1 is 1.29 bits per heavy atom. The SMILES string of the molecule is COc1ccc2c(c1)N(C(=O)c1ncc(C)cc1OC)CC(C)O2. The lowest BCUT2D eigenvalue weighted by Crippen LogP contribution is -2.42. The summed E-state index contributed by atoms with van der Waals surface area (Å²) in [5.41, 5.74) is 1.88. The molecule has 0 radical (unpaired) electrons. The van der Waals surface area contributed by atoms with Gasteiger partial charge in [-0.3, -0.25) is 9.69 Å². The molecule has 126 valence electrons. The van der Waals surface area contributed by atoms with Gasteiger partial charge in [0.15, 0.2) is 5.69 Å². The van der Waals surface area contributed by atoms with E-state index in [1.54, 1.807) is 30.3 Å². The van der Waals surface area contributed by atoms with Gasteiger partial charge in [-0.15, -0.1) is 0 Å². The first-order chi connectivity index (χ1) is 11.5. The summed E-state index contributed by atoms with van der Waals surface area (Å²) >= 11 is 0. The van der Waals surface area contributed by atoms with Crippen molar-refractivity contribution in [1.82, 2.24) is 4.98 Å². The Morgan fingerprint density at radius 3 is 2.79 bits per heavy atom. The Morgan fingerprint density at radius 2 is 2.08 bits per heavy atom. The lowest BCUT2D eigenvalue weighted by Gasteiger charge is -2.33. The molecule has 0 saturated carbocycles. The topological polar surface area (TPSA) is 60.9 Å². The summed E-state index contributed by atoms with van der Waals surface area (Å²) < 4.78 is 16.4. The average Bonchev–Trinajstić information content (AvgIpc) is 2.59. The predicted molar refractivity (Wildman–Crippen MR) is 90.3 cm³/mol. The van der Waals surface area contributed by atoms with E-state index in [9.17, 15) is 4.79 Å². The van der Waals surface area contributed by atoms with E-state index in [0.717, 1.165) is 5.56 Å². The molecule has 1 aromatic heterocycles. The number of anilines is 1. The first-order valence-electron chi connectivity index (χ1n) is 7.70. The Labute approximate surface area is 141 Å². The number of methoxy groups -OCH3 is 2. The van der Waals surface area contributed by atoms with Crippen molar-refractivity contribution in [1.29, 1.82) is 0 Å². The van der Waals surface area contributed by atoms with Crippen LogP contribution in [0.25, 0.3) is 0 Å². The second kappa shape index (κ2) is 6.39. The Kier molecular flexibility index (Phi) is 4.29. The van der Waals surface area contributed by atoms with E-state index in [4.69, 9.17) is 14.2 Å². The molecule has 2 aromatic rings. The van der Waals surface area contributed by atoms with E-state index in [2.05, 4.69) is 4.98 Å². The van der Waals surface area contributed by atoms with Crippen molar-refractivity contribution in [2.45, 2.75) is 20.0 Å². The molecule has 0 N–H and O–H groups in total. The van der Waals surface area contributed by atoms with Crippen molar-refractivity contribution in [3.8, 4) is 17.2 Å². The maximum atomic E-state index is 13.1. The van der Waals surface area contributed by atoms with Crippen LogP contribution in [-0.2, 0) is 0 Å². The molecule has 2 heterocycles. The number of nitrogens with zero attached hydrogens (tertiary/aromatic N) is 2. The monoisotopic (exact) mass is 328 g/mol. The largest absolute Gasteiger partial charge is 0.497 e. The van der Waals surface area contributed by atoms with Gasteiger partial charge in [-0.25, -0.2) is 4.98 Å². The van der Waals surface area contributed by atoms with Crippen LogP contribution in [0.5, 0.6) is 17.2 Å². The average molecular weight is 328 g/mol. The maximum absolute atomic E-state index is 13.1. The zero-order valence-electron chi connectivity index (χ0n) is 14.2. The summed E-state index contributed by atoms with van der Waals surface area (Å²) in [5, 5.41) is 0. The fourth-order valence-corrected chi connectivity index (χ4v) is 2.72. The minimum Gasteiger partial charge on any atom is -0.497 e. The molecule has 1 aromatic carbocycles. The zero-order chi connectivity index (χ0) is 17.3. The van der Waals surface area contributed by atoms with Crippen LogP contribution in [0.4, 0.5) is 5.69 Å². The number of benzene rings is 1. The molecule has 3 rings (SSSR count). The Hall–Kier alpha value is -2.76. The van der Waals surface area contributed by atoms with E-state index >= 15 is 0 Å². The number of hydrogen-bond donors (Lipinski definition) is 0. The molecule has 1 aliphatic rings. The molecule has 0 fully saturated rings. The molecule has 0 bridgehead atoms. The lowest BCUT2D eigenvalue weighted by atomic mass is 10.1. The number of aromatic nitrogens is 1. The van der Waals surface area contributed by atoms with Gasteiger partial charge in [0.05, 0.1) is 26.5 Å². The van der Waals surface area contributed by atoms with E-state index in [0.29, 0.717) is 29.5 Å². The van der Waals surface area contributed by atoms with Gasteiger partial charge >= 0.3 is 0 Å². The molecule has 1 atom stereocenters. The van der Waals surface area contributed by atoms with Gasteiger partial charge in [0.2, 0.25) is 0 Å². The highest BCUT2D eigenvalue weighted by molar-refractivity contribution is 6.07. The van der Waals surface area contributed by atoms with E-state index in [1.165, 1.54) is 7.11 Å². The number of pyridine rings is 1. The lowest BCUT2D eigenvalue weighted by molar-refractivity contribution is 0.0953. The molecule has 0 spiro atoms. The molecular formula is C18H20N2O4. The van der Waals surface area contributed by atoms with Crippen molar-refractivity contribution in [3.63, 3.8) is 0 Å². The molecule has 1 amide bonds. The van der Waals surface area contributed by atoms with Gasteiger partial charge in [0.1, 0.15) is 23.4 Å². The summed E-state index contributed by atoms with van der Waals surface area (Å²) in [5.74, 6) is 1.54. The van der Waals surface area contributed by atoms with Gasteiger partial charge in [-0.2, -0.15) is 0 Å².